The molecule has 0 atom stereocenters. The molecule has 1 amide bonds. The first-order valence-corrected chi connectivity index (χ1v) is 10.2. The van der Waals surface area contributed by atoms with Crippen LogP contribution in [0.4, 0.5) is 8.78 Å². The van der Waals surface area contributed by atoms with Crippen LogP contribution < -0.4 is 0 Å². The van der Waals surface area contributed by atoms with Crippen molar-refractivity contribution in [1.82, 2.24) is 24.4 Å². The molecule has 30 heavy (non-hydrogen) atoms. The fourth-order valence-electron chi connectivity index (χ4n) is 3.53. The molecule has 0 N–H and O–H groups in total. The summed E-state index contributed by atoms with van der Waals surface area (Å²) in [5.41, 5.74) is 1.23. The summed E-state index contributed by atoms with van der Waals surface area (Å²) in [6.45, 7) is 4.79. The fourth-order valence-corrected chi connectivity index (χ4v) is 3.79. The maximum Gasteiger partial charge on any atom is 0.364 e. The van der Waals surface area contributed by atoms with Crippen LogP contribution in [0.5, 0.6) is 0 Å². The molecule has 1 saturated heterocycles. The van der Waals surface area contributed by atoms with Crippen LogP contribution in [0.1, 0.15) is 27.4 Å². The van der Waals surface area contributed by atoms with Crippen molar-refractivity contribution in [3.8, 4) is 0 Å². The van der Waals surface area contributed by atoms with Crippen LogP contribution in [0.3, 0.4) is 0 Å². The van der Waals surface area contributed by atoms with Crippen molar-refractivity contribution in [1.29, 1.82) is 0 Å². The Hall–Kier alpha value is -2.29. The lowest BCUT2D eigenvalue weighted by Gasteiger charge is -2.34. The van der Waals surface area contributed by atoms with Crippen LogP contribution in [0, 0.1) is 6.92 Å². The average molecular weight is 454 g/mol. The minimum Gasteiger partial charge on any atom is -0.335 e. The molecule has 4 rings (SSSR count). The molecule has 0 radical (unpaired) electrons. The highest BCUT2D eigenvalue weighted by atomic mass is 35.5. The first-order chi connectivity index (χ1) is 14.2. The van der Waals surface area contributed by atoms with Gasteiger partial charge in [-0.25, -0.2) is 9.50 Å². The third-order valence-corrected chi connectivity index (χ3v) is 5.49. The smallest absolute Gasteiger partial charge is 0.335 e. The van der Waals surface area contributed by atoms with Crippen LogP contribution in [-0.2, 0) is 11.9 Å². The van der Waals surface area contributed by atoms with Crippen molar-refractivity contribution in [2.45, 2.75) is 18.9 Å². The van der Waals surface area contributed by atoms with Gasteiger partial charge < -0.3 is 4.90 Å². The molecule has 3 heterocycles. The van der Waals surface area contributed by atoms with Gasteiger partial charge in [-0.3, -0.25) is 9.69 Å². The van der Waals surface area contributed by atoms with Gasteiger partial charge in [-0.05, 0) is 42.3 Å². The van der Waals surface area contributed by atoms with Gasteiger partial charge in [0.05, 0.1) is 0 Å². The number of aromatic nitrogens is 3. The average Bonchev–Trinajstić information content (AvgIpc) is 3.12. The molecule has 0 spiro atoms. The first-order valence-electron chi connectivity index (χ1n) is 9.41. The number of halogens is 4. The summed E-state index contributed by atoms with van der Waals surface area (Å²) in [6.07, 6.45) is 0. The number of nitrogens with zero attached hydrogens (tertiary/aromatic N) is 5. The van der Waals surface area contributed by atoms with E-state index < -0.39 is 11.1 Å². The van der Waals surface area contributed by atoms with Gasteiger partial charge in [-0.2, -0.15) is 13.9 Å². The zero-order valence-corrected chi connectivity index (χ0v) is 17.7. The number of benzene rings is 1. The Labute approximate surface area is 182 Å². The molecule has 2 aromatic heterocycles. The van der Waals surface area contributed by atoms with Gasteiger partial charge in [0.1, 0.15) is 5.69 Å². The molecule has 0 bridgehead atoms. The van der Waals surface area contributed by atoms with Crippen LogP contribution in [0.2, 0.25) is 5.02 Å². The number of hydrogen-bond acceptors (Lipinski definition) is 4. The van der Waals surface area contributed by atoms with E-state index in [1.165, 1.54) is 6.07 Å². The van der Waals surface area contributed by atoms with E-state index in [2.05, 4.69) is 15.0 Å². The van der Waals surface area contributed by atoms with E-state index in [0.717, 1.165) is 22.7 Å². The second kappa shape index (κ2) is 8.09. The van der Waals surface area contributed by atoms with Gasteiger partial charge in [-0.1, -0.05) is 23.7 Å². The van der Waals surface area contributed by atoms with E-state index in [0.29, 0.717) is 36.9 Å². The SMILES string of the molecule is Cc1cc(C(F)(F)Cl)n2nc(C(=O)N3CCN(Cc4ccc(Cl)cc4)CC3)cc2n1. The molecule has 10 heteroatoms. The molecule has 158 valence electrons. The quantitative estimate of drug-likeness (QED) is 0.561. The van der Waals surface area contributed by atoms with Crippen molar-refractivity contribution < 1.29 is 13.6 Å². The van der Waals surface area contributed by atoms with Gasteiger partial charge in [-0.15, -0.1) is 0 Å². The molecular weight excluding hydrogens is 435 g/mol. The van der Waals surface area contributed by atoms with Crippen LogP contribution in [-0.4, -0.2) is 56.5 Å². The van der Waals surface area contributed by atoms with Crippen molar-refractivity contribution in [2.24, 2.45) is 0 Å². The molecule has 1 aliphatic heterocycles. The second-order valence-corrected chi connectivity index (χ2v) is 8.19. The monoisotopic (exact) mass is 453 g/mol. The molecule has 1 aromatic carbocycles. The Morgan fingerprint density at radius 2 is 1.80 bits per heavy atom. The second-order valence-electron chi connectivity index (χ2n) is 7.27. The number of aryl methyl sites for hydroxylation is 1. The largest absolute Gasteiger partial charge is 0.364 e. The molecule has 1 aliphatic rings. The summed E-state index contributed by atoms with van der Waals surface area (Å²) in [5.74, 6) is -0.312. The zero-order chi connectivity index (χ0) is 21.5. The highest BCUT2D eigenvalue weighted by Crippen LogP contribution is 2.32. The Kier molecular flexibility index (Phi) is 5.65. The molecular formula is C20H19Cl2F2N5O. The van der Waals surface area contributed by atoms with Crippen molar-refractivity contribution in [3.05, 3.63) is 64.1 Å². The molecule has 0 aliphatic carbocycles. The van der Waals surface area contributed by atoms with E-state index >= 15 is 0 Å². The number of carbonyl (C=O) groups excluding carboxylic acids is 1. The lowest BCUT2D eigenvalue weighted by molar-refractivity contribution is 0.0620. The minimum absolute atomic E-state index is 0.0708. The number of piperazine rings is 1. The zero-order valence-electron chi connectivity index (χ0n) is 16.2. The number of amides is 1. The normalized spacial score (nSPS) is 15.7. The minimum atomic E-state index is -3.62. The van der Waals surface area contributed by atoms with Gasteiger partial charge >= 0.3 is 5.38 Å². The van der Waals surface area contributed by atoms with Crippen LogP contribution in [0.25, 0.3) is 5.65 Å². The molecule has 0 saturated carbocycles. The van der Waals surface area contributed by atoms with Gasteiger partial charge in [0.25, 0.3) is 5.91 Å². The third kappa shape index (κ3) is 4.40. The van der Waals surface area contributed by atoms with E-state index in [1.807, 2.05) is 24.3 Å². The summed E-state index contributed by atoms with van der Waals surface area (Å²) in [5, 5.41) is 1.14. The predicted octanol–water partition coefficient (Wildman–Crippen LogP) is 3.94. The van der Waals surface area contributed by atoms with Gasteiger partial charge in [0.2, 0.25) is 0 Å². The summed E-state index contributed by atoms with van der Waals surface area (Å²) in [7, 11) is 0. The van der Waals surface area contributed by atoms with Crippen molar-refractivity contribution in [2.75, 3.05) is 26.2 Å². The number of rotatable bonds is 4. The first kappa shape index (κ1) is 21.0. The Morgan fingerprint density at radius 1 is 1.13 bits per heavy atom. The van der Waals surface area contributed by atoms with Crippen molar-refractivity contribution >= 4 is 34.8 Å². The van der Waals surface area contributed by atoms with Crippen LogP contribution in [0.15, 0.2) is 36.4 Å². The summed E-state index contributed by atoms with van der Waals surface area (Å²) < 4.78 is 28.4. The van der Waals surface area contributed by atoms with E-state index in [-0.39, 0.29) is 17.2 Å². The van der Waals surface area contributed by atoms with Crippen molar-refractivity contribution in [3.63, 3.8) is 0 Å². The number of hydrogen-bond donors (Lipinski definition) is 0. The third-order valence-electron chi connectivity index (χ3n) is 5.04. The molecule has 1 fully saturated rings. The Bertz CT molecular complexity index is 1070. The lowest BCUT2D eigenvalue weighted by atomic mass is 10.2. The summed E-state index contributed by atoms with van der Waals surface area (Å²) >= 11 is 11.1. The maximum absolute atomic E-state index is 13.7. The van der Waals surface area contributed by atoms with E-state index in [9.17, 15) is 13.6 Å². The number of fused-ring (bicyclic) bond motifs is 1. The maximum atomic E-state index is 13.7. The fraction of sp³-hybridized carbons (Fsp3) is 0.350. The number of alkyl halides is 3. The lowest BCUT2D eigenvalue weighted by Crippen LogP contribution is -2.48. The number of carbonyl (C=O) groups is 1. The summed E-state index contributed by atoms with van der Waals surface area (Å²) in [6, 6.07) is 10.3. The predicted molar refractivity (Wildman–Crippen MR) is 110 cm³/mol. The Balaban J connectivity index is 1.46. The van der Waals surface area contributed by atoms with E-state index in [1.54, 1.807) is 11.8 Å². The molecule has 3 aromatic rings. The standard InChI is InChI=1S/C20H19Cl2F2N5O/c1-13-10-17(20(22,23)24)29-18(25-13)11-16(26-29)19(30)28-8-6-27(7-9-28)12-14-2-4-15(21)5-3-14/h2-5,10-11H,6-9,12H2,1H3. The molecule has 6 nitrogen and oxygen atoms in total. The highest BCUT2D eigenvalue weighted by molar-refractivity contribution is 6.30. The van der Waals surface area contributed by atoms with Gasteiger partial charge in [0, 0.05) is 49.5 Å². The summed E-state index contributed by atoms with van der Waals surface area (Å²) in [4.78, 5) is 21.0. The Morgan fingerprint density at radius 3 is 2.43 bits per heavy atom. The van der Waals surface area contributed by atoms with Crippen LogP contribution >= 0.6 is 23.2 Å². The molecule has 0 unspecified atom stereocenters. The topological polar surface area (TPSA) is 53.7 Å². The van der Waals surface area contributed by atoms with Gasteiger partial charge in [0.15, 0.2) is 11.3 Å². The van der Waals surface area contributed by atoms with E-state index in [4.69, 9.17) is 23.2 Å². The highest BCUT2D eigenvalue weighted by Gasteiger charge is 2.33.